The van der Waals surface area contributed by atoms with Crippen molar-refractivity contribution in [2.75, 3.05) is 26.4 Å². The Morgan fingerprint density at radius 3 is 1.18 bits per heavy atom. The van der Waals surface area contributed by atoms with Crippen LogP contribution in [0.3, 0.4) is 0 Å². The number of amides is 1. The summed E-state index contributed by atoms with van der Waals surface area (Å²) in [6, 6.07) is -0.999. The Morgan fingerprint density at radius 1 is 0.396 bits per heavy atom. The van der Waals surface area contributed by atoms with Gasteiger partial charge in [0.1, 0.15) is 73.2 Å². The lowest BCUT2D eigenvalue weighted by Gasteiger charge is -2.48. The molecule has 91 heavy (non-hydrogen) atoms. The standard InChI is InChI=1S/C72H127NO18/c1-3-5-7-9-11-13-15-17-19-20-21-22-23-24-25-26-27-28-29-30-31-32-33-34-36-38-40-42-44-46-48-50-60(78)73-55(56(77)49-47-45-43-41-39-37-35-18-16-14-12-10-8-6-4-2)54-86-70-66(84)63(81)68(58(52-75)88-70)91-72-67(85)64(82)69(59(53-76)89-72)90-71-65(83)62(80)61(79)57(51-74)87-71/h15-18,20-21,23-24,39,41,47,49,55-59,61-72,74-77,79-85H,3-14,19,22,25-38,40,42-46,48,50-54H2,1-2H3,(H,73,78)/b17-15-,18-16+,21-20-,24-23-,41-39+,49-47+. The topological polar surface area (TPSA) is 307 Å². The highest BCUT2D eigenvalue weighted by molar-refractivity contribution is 5.76. The second-order valence-corrected chi connectivity index (χ2v) is 25.3. The summed E-state index contributed by atoms with van der Waals surface area (Å²) in [7, 11) is 0. The molecule has 19 nitrogen and oxygen atoms in total. The van der Waals surface area contributed by atoms with Crippen LogP contribution in [0.1, 0.15) is 245 Å². The van der Waals surface area contributed by atoms with Crippen molar-refractivity contribution in [2.24, 2.45) is 0 Å². The zero-order valence-electron chi connectivity index (χ0n) is 55.8. The molecule has 0 saturated carbocycles. The fourth-order valence-electron chi connectivity index (χ4n) is 11.6. The summed E-state index contributed by atoms with van der Waals surface area (Å²) in [4.78, 5) is 13.4. The van der Waals surface area contributed by atoms with Crippen LogP contribution in [-0.2, 0) is 33.2 Å². The van der Waals surface area contributed by atoms with Crippen LogP contribution in [0.2, 0.25) is 0 Å². The number of rotatable bonds is 54. The summed E-state index contributed by atoms with van der Waals surface area (Å²) >= 11 is 0. The Kier molecular flexibility index (Phi) is 48.4. The molecule has 12 N–H and O–H groups in total. The second kappa shape index (κ2) is 53.4. The predicted octanol–water partition coefficient (Wildman–Crippen LogP) is 9.72. The number of carbonyl (C=O) groups is 1. The summed E-state index contributed by atoms with van der Waals surface area (Å²) in [6.45, 7) is 1.68. The maximum Gasteiger partial charge on any atom is 0.220 e. The molecule has 3 fully saturated rings. The minimum absolute atomic E-state index is 0.230. The number of unbranched alkanes of at least 4 members (excludes halogenated alkanes) is 28. The van der Waals surface area contributed by atoms with Crippen molar-refractivity contribution in [3.8, 4) is 0 Å². The normalized spacial score (nSPS) is 28.3. The van der Waals surface area contributed by atoms with E-state index in [0.29, 0.717) is 12.8 Å². The maximum absolute atomic E-state index is 13.4. The minimum Gasteiger partial charge on any atom is -0.394 e. The van der Waals surface area contributed by atoms with Gasteiger partial charge in [0.05, 0.1) is 38.6 Å². The van der Waals surface area contributed by atoms with E-state index in [2.05, 4.69) is 79.9 Å². The van der Waals surface area contributed by atoms with E-state index in [4.69, 9.17) is 28.4 Å². The van der Waals surface area contributed by atoms with Gasteiger partial charge in [0.25, 0.3) is 0 Å². The molecule has 3 aliphatic rings. The molecule has 0 aromatic rings. The summed E-state index contributed by atoms with van der Waals surface area (Å²) in [5.74, 6) is -0.291. The first-order chi connectivity index (χ1) is 44.3. The van der Waals surface area contributed by atoms with Crippen LogP contribution < -0.4 is 5.32 Å². The van der Waals surface area contributed by atoms with Gasteiger partial charge in [-0.2, -0.15) is 0 Å². The minimum atomic E-state index is -1.98. The van der Waals surface area contributed by atoms with Crippen LogP contribution in [0.15, 0.2) is 72.9 Å². The number of hydrogen-bond acceptors (Lipinski definition) is 18. The lowest BCUT2D eigenvalue weighted by atomic mass is 9.96. The van der Waals surface area contributed by atoms with E-state index in [9.17, 15) is 61.0 Å². The van der Waals surface area contributed by atoms with Crippen molar-refractivity contribution in [3.63, 3.8) is 0 Å². The molecule has 1 amide bonds. The van der Waals surface area contributed by atoms with Crippen LogP contribution in [0, 0.1) is 0 Å². The fraction of sp³-hybridized carbons (Fsp3) is 0.819. The van der Waals surface area contributed by atoms with Crippen molar-refractivity contribution in [1.82, 2.24) is 5.32 Å². The molecule has 0 spiro atoms. The number of hydrogen-bond donors (Lipinski definition) is 12. The summed E-state index contributed by atoms with van der Waals surface area (Å²) < 4.78 is 34.3. The van der Waals surface area contributed by atoms with Gasteiger partial charge in [0, 0.05) is 6.42 Å². The maximum atomic E-state index is 13.4. The monoisotopic (exact) mass is 1290 g/mol. The molecule has 19 heteroatoms. The molecular weight excluding hydrogens is 1170 g/mol. The zero-order valence-corrected chi connectivity index (χ0v) is 55.8. The Balaban J connectivity index is 1.39. The molecule has 0 bridgehead atoms. The van der Waals surface area contributed by atoms with E-state index in [-0.39, 0.29) is 18.9 Å². The first-order valence-electron chi connectivity index (χ1n) is 35.7. The van der Waals surface area contributed by atoms with E-state index in [1.54, 1.807) is 6.08 Å². The third-order valence-corrected chi connectivity index (χ3v) is 17.5. The first kappa shape index (κ1) is 82.5. The van der Waals surface area contributed by atoms with Crippen molar-refractivity contribution < 1.29 is 89.4 Å². The van der Waals surface area contributed by atoms with Gasteiger partial charge in [-0.15, -0.1) is 0 Å². The Bertz CT molecular complexity index is 1930. The summed E-state index contributed by atoms with van der Waals surface area (Å²) in [6.07, 6.45) is 40.3. The molecule has 17 atom stereocenters. The number of aliphatic hydroxyl groups is 11. The largest absolute Gasteiger partial charge is 0.394 e. The zero-order chi connectivity index (χ0) is 66.1. The van der Waals surface area contributed by atoms with Crippen molar-refractivity contribution >= 4 is 5.91 Å². The quantitative estimate of drug-likeness (QED) is 0.0199. The van der Waals surface area contributed by atoms with Gasteiger partial charge in [0.15, 0.2) is 18.9 Å². The Hall–Kier alpha value is -2.77. The van der Waals surface area contributed by atoms with Gasteiger partial charge in [-0.05, 0) is 83.5 Å². The summed E-state index contributed by atoms with van der Waals surface area (Å²) in [5.41, 5.74) is 0. The van der Waals surface area contributed by atoms with Crippen LogP contribution >= 0.6 is 0 Å². The second-order valence-electron chi connectivity index (χ2n) is 25.3. The van der Waals surface area contributed by atoms with Crippen LogP contribution in [0.25, 0.3) is 0 Å². The average Bonchev–Trinajstić information content (AvgIpc) is 0.876. The highest BCUT2D eigenvalue weighted by Crippen LogP contribution is 2.33. The number of ether oxygens (including phenoxy) is 6. The predicted molar refractivity (Wildman–Crippen MR) is 355 cm³/mol. The highest BCUT2D eigenvalue weighted by atomic mass is 16.8. The van der Waals surface area contributed by atoms with E-state index in [1.165, 1.54) is 154 Å². The molecule has 0 aromatic heterocycles. The SMILES string of the molecule is CCCCCCC/C=C\C/C=C\C/C=C\CCCCCCCCCCCCCCCCCCC(=O)NC(COC1OC(CO)C(OC2OC(CO)C(OC3OC(CO)C(O)C(O)C3O)C(O)C2O)C(O)C1O)C(O)/C=C/CC/C=C/CC/C=C/CCCCCCC. The van der Waals surface area contributed by atoms with Gasteiger partial charge in [-0.3, -0.25) is 4.79 Å². The van der Waals surface area contributed by atoms with Crippen LogP contribution in [0.5, 0.6) is 0 Å². The molecule has 17 unspecified atom stereocenters. The molecule has 0 radical (unpaired) electrons. The van der Waals surface area contributed by atoms with Crippen molar-refractivity contribution in [3.05, 3.63) is 72.9 Å². The molecule has 3 saturated heterocycles. The van der Waals surface area contributed by atoms with E-state index >= 15 is 0 Å². The van der Waals surface area contributed by atoms with Gasteiger partial charge >= 0.3 is 0 Å². The Labute approximate surface area is 547 Å². The lowest BCUT2D eigenvalue weighted by Crippen LogP contribution is -2.66. The Morgan fingerprint density at radius 2 is 0.736 bits per heavy atom. The van der Waals surface area contributed by atoms with E-state index < -0.39 is 124 Å². The highest BCUT2D eigenvalue weighted by Gasteiger charge is 2.53. The van der Waals surface area contributed by atoms with Gasteiger partial charge in [-0.1, -0.05) is 228 Å². The molecule has 3 heterocycles. The third kappa shape index (κ3) is 35.2. The number of allylic oxidation sites excluding steroid dienone is 11. The van der Waals surface area contributed by atoms with Crippen LogP contribution in [0.4, 0.5) is 0 Å². The van der Waals surface area contributed by atoms with Gasteiger partial charge < -0.3 is 89.9 Å². The van der Waals surface area contributed by atoms with Crippen molar-refractivity contribution in [2.45, 2.75) is 349 Å². The molecule has 0 aromatic carbocycles. The number of aliphatic hydroxyl groups excluding tert-OH is 11. The lowest BCUT2D eigenvalue weighted by molar-refractivity contribution is -0.379. The molecular formula is C72H127NO18. The van der Waals surface area contributed by atoms with E-state index in [1.807, 2.05) is 6.08 Å². The average molecular weight is 1290 g/mol. The third-order valence-electron chi connectivity index (χ3n) is 17.5. The molecule has 0 aliphatic carbocycles. The number of carbonyl (C=O) groups excluding carboxylic acids is 1. The van der Waals surface area contributed by atoms with E-state index in [0.717, 1.165) is 57.8 Å². The van der Waals surface area contributed by atoms with Crippen LogP contribution in [-0.4, -0.2) is 193 Å². The van der Waals surface area contributed by atoms with Crippen molar-refractivity contribution in [1.29, 1.82) is 0 Å². The summed E-state index contributed by atoms with van der Waals surface area (Å²) in [5, 5.41) is 120. The molecule has 528 valence electrons. The molecule has 3 aliphatic heterocycles. The van der Waals surface area contributed by atoms with Gasteiger partial charge in [0.2, 0.25) is 5.91 Å². The van der Waals surface area contributed by atoms with Gasteiger partial charge in [-0.25, -0.2) is 0 Å². The number of nitrogens with one attached hydrogen (secondary N) is 1. The molecule has 3 rings (SSSR count). The first-order valence-corrected chi connectivity index (χ1v) is 35.7. The smallest absolute Gasteiger partial charge is 0.220 e. The fourth-order valence-corrected chi connectivity index (χ4v) is 11.6.